The number of aromatic nitrogens is 1. The van der Waals surface area contributed by atoms with Gasteiger partial charge in [0.15, 0.2) is 0 Å². The number of carbonyl (C=O) groups is 1. The van der Waals surface area contributed by atoms with E-state index in [2.05, 4.69) is 13.0 Å². The number of hydrogen-bond acceptors (Lipinski definition) is 1. The molecule has 1 aromatic heterocycles. The number of halogens is 1. The lowest BCUT2D eigenvalue weighted by molar-refractivity contribution is 0.1000. The largest absolute Gasteiger partial charge is 0.366 e. The Balaban J connectivity index is 1.99. The number of nitrogens with two attached hydrogens (primary N) is 1. The third-order valence-corrected chi connectivity index (χ3v) is 3.71. The number of hydrogen-bond donors (Lipinski definition) is 1. The molecule has 1 amide bonds. The number of aryl methyl sites for hydroxylation is 1. The normalized spacial score (nSPS) is 11.0. The van der Waals surface area contributed by atoms with E-state index in [1.807, 2.05) is 29.0 Å². The van der Waals surface area contributed by atoms with Crippen molar-refractivity contribution < 1.29 is 9.18 Å². The van der Waals surface area contributed by atoms with Crippen LogP contribution in [0.4, 0.5) is 4.39 Å². The number of amides is 1. The van der Waals surface area contributed by atoms with E-state index in [0.29, 0.717) is 12.1 Å². The minimum atomic E-state index is -0.623. The van der Waals surface area contributed by atoms with Gasteiger partial charge in [-0.1, -0.05) is 18.2 Å². The zero-order valence-corrected chi connectivity index (χ0v) is 11.6. The predicted molar refractivity (Wildman–Crippen MR) is 80.7 cm³/mol. The molecule has 4 heteroatoms. The van der Waals surface area contributed by atoms with E-state index in [1.54, 1.807) is 12.1 Å². The van der Waals surface area contributed by atoms with Gasteiger partial charge in [-0.15, -0.1) is 0 Å². The summed E-state index contributed by atoms with van der Waals surface area (Å²) in [6, 6.07) is 12.4. The molecule has 0 radical (unpaired) electrons. The summed E-state index contributed by atoms with van der Waals surface area (Å²) in [6.45, 7) is 2.47. The van der Waals surface area contributed by atoms with Gasteiger partial charge < -0.3 is 10.3 Å². The summed E-state index contributed by atoms with van der Waals surface area (Å²) in [4.78, 5) is 11.0. The minimum Gasteiger partial charge on any atom is -0.366 e. The lowest BCUT2D eigenvalue weighted by Crippen LogP contribution is -2.12. The van der Waals surface area contributed by atoms with E-state index in [4.69, 9.17) is 5.73 Å². The average molecular weight is 282 g/mol. The summed E-state index contributed by atoms with van der Waals surface area (Å²) in [6.07, 6.45) is 1.94. The second-order valence-electron chi connectivity index (χ2n) is 5.12. The van der Waals surface area contributed by atoms with Gasteiger partial charge in [0.25, 0.3) is 0 Å². The van der Waals surface area contributed by atoms with Crippen LogP contribution in [-0.2, 0) is 6.54 Å². The van der Waals surface area contributed by atoms with Gasteiger partial charge in [-0.3, -0.25) is 4.79 Å². The highest BCUT2D eigenvalue weighted by molar-refractivity contribution is 5.92. The van der Waals surface area contributed by atoms with E-state index >= 15 is 0 Å². The summed E-state index contributed by atoms with van der Waals surface area (Å²) in [5.41, 5.74) is 8.11. The van der Waals surface area contributed by atoms with Crippen molar-refractivity contribution in [3.8, 4) is 0 Å². The molecule has 0 unspecified atom stereocenters. The highest BCUT2D eigenvalue weighted by Crippen LogP contribution is 2.21. The molecule has 0 saturated heterocycles. The van der Waals surface area contributed by atoms with Gasteiger partial charge in [-0.05, 0) is 36.8 Å². The Labute approximate surface area is 121 Å². The standard InChI is InChI=1S/C17H15FN2O/c1-11-3-2-4-16-14(11)7-8-20(16)10-13-6-5-12(17(19)21)9-15(13)18/h2-9H,10H2,1H3,(H2,19,21). The SMILES string of the molecule is Cc1cccc2c1ccn2Cc1ccc(C(N)=O)cc1F. The van der Waals surface area contributed by atoms with Gasteiger partial charge in [0.2, 0.25) is 5.91 Å². The molecular formula is C17H15FN2O. The van der Waals surface area contributed by atoms with Crippen molar-refractivity contribution in [3.63, 3.8) is 0 Å². The molecule has 0 atom stereocenters. The van der Waals surface area contributed by atoms with E-state index in [-0.39, 0.29) is 5.56 Å². The Hall–Kier alpha value is -2.62. The van der Waals surface area contributed by atoms with Crippen molar-refractivity contribution in [1.29, 1.82) is 0 Å². The van der Waals surface area contributed by atoms with Crippen LogP contribution in [-0.4, -0.2) is 10.5 Å². The van der Waals surface area contributed by atoms with Crippen molar-refractivity contribution in [2.24, 2.45) is 5.73 Å². The molecule has 1 heterocycles. The summed E-state index contributed by atoms with van der Waals surface area (Å²) in [7, 11) is 0. The fraction of sp³-hybridized carbons (Fsp3) is 0.118. The van der Waals surface area contributed by atoms with Crippen molar-refractivity contribution in [1.82, 2.24) is 4.57 Å². The first-order chi connectivity index (χ1) is 10.1. The van der Waals surface area contributed by atoms with Gasteiger partial charge in [-0.2, -0.15) is 0 Å². The van der Waals surface area contributed by atoms with Crippen LogP contribution in [0.5, 0.6) is 0 Å². The molecule has 0 bridgehead atoms. The summed E-state index contributed by atoms with van der Waals surface area (Å²) < 4.78 is 16.1. The number of benzene rings is 2. The summed E-state index contributed by atoms with van der Waals surface area (Å²) >= 11 is 0. The molecule has 3 rings (SSSR count). The van der Waals surface area contributed by atoms with Crippen LogP contribution in [0.25, 0.3) is 10.9 Å². The van der Waals surface area contributed by atoms with Crippen molar-refractivity contribution >= 4 is 16.8 Å². The van der Waals surface area contributed by atoms with Crippen LogP contribution in [0.1, 0.15) is 21.5 Å². The van der Waals surface area contributed by atoms with E-state index in [9.17, 15) is 9.18 Å². The maximum Gasteiger partial charge on any atom is 0.248 e. The van der Waals surface area contributed by atoms with Crippen LogP contribution in [0.15, 0.2) is 48.7 Å². The fourth-order valence-electron chi connectivity index (χ4n) is 2.53. The van der Waals surface area contributed by atoms with Crippen LogP contribution in [0, 0.1) is 12.7 Å². The number of fused-ring (bicyclic) bond motifs is 1. The Morgan fingerprint density at radius 1 is 1.24 bits per heavy atom. The Morgan fingerprint density at radius 2 is 2.05 bits per heavy atom. The maximum absolute atomic E-state index is 14.1. The monoisotopic (exact) mass is 282 g/mol. The summed E-state index contributed by atoms with van der Waals surface area (Å²) in [5, 5.41) is 1.16. The van der Waals surface area contributed by atoms with Crippen molar-refractivity contribution in [2.75, 3.05) is 0 Å². The second kappa shape index (κ2) is 5.05. The number of primary amides is 1. The van der Waals surface area contributed by atoms with Crippen molar-refractivity contribution in [2.45, 2.75) is 13.5 Å². The Morgan fingerprint density at radius 3 is 2.76 bits per heavy atom. The Kier molecular flexibility index (Phi) is 3.22. The van der Waals surface area contributed by atoms with Crippen LogP contribution in [0.3, 0.4) is 0 Å². The molecule has 3 aromatic rings. The number of carbonyl (C=O) groups excluding carboxylic acids is 1. The molecule has 0 fully saturated rings. The topological polar surface area (TPSA) is 48.0 Å². The average Bonchev–Trinajstić information content (AvgIpc) is 2.85. The molecule has 0 aliphatic rings. The van der Waals surface area contributed by atoms with Crippen LogP contribution < -0.4 is 5.73 Å². The molecule has 2 aromatic carbocycles. The van der Waals surface area contributed by atoms with Crippen LogP contribution >= 0.6 is 0 Å². The first-order valence-electron chi connectivity index (χ1n) is 6.69. The maximum atomic E-state index is 14.1. The minimum absolute atomic E-state index is 0.185. The molecule has 2 N–H and O–H groups in total. The molecule has 3 nitrogen and oxygen atoms in total. The molecule has 0 aliphatic heterocycles. The Bertz CT molecular complexity index is 836. The highest BCUT2D eigenvalue weighted by Gasteiger charge is 2.09. The molecule has 0 spiro atoms. The molecule has 106 valence electrons. The van der Waals surface area contributed by atoms with Gasteiger partial charge >= 0.3 is 0 Å². The number of nitrogens with zero attached hydrogens (tertiary/aromatic N) is 1. The van der Waals surface area contributed by atoms with Gasteiger partial charge in [0, 0.05) is 28.2 Å². The molecule has 0 saturated carbocycles. The smallest absolute Gasteiger partial charge is 0.248 e. The zero-order valence-electron chi connectivity index (χ0n) is 11.6. The quantitative estimate of drug-likeness (QED) is 0.787. The fourth-order valence-corrected chi connectivity index (χ4v) is 2.53. The first kappa shape index (κ1) is 13.4. The molecule has 21 heavy (non-hydrogen) atoms. The van der Waals surface area contributed by atoms with Gasteiger partial charge in [0.05, 0.1) is 6.54 Å². The number of rotatable bonds is 3. The summed E-state index contributed by atoms with van der Waals surface area (Å²) in [5.74, 6) is -1.04. The molecule has 0 aliphatic carbocycles. The lowest BCUT2D eigenvalue weighted by atomic mass is 10.1. The van der Waals surface area contributed by atoms with Crippen LogP contribution in [0.2, 0.25) is 0 Å². The lowest BCUT2D eigenvalue weighted by Gasteiger charge is -2.08. The van der Waals surface area contributed by atoms with Crippen molar-refractivity contribution in [3.05, 3.63) is 71.2 Å². The zero-order chi connectivity index (χ0) is 15.0. The van der Waals surface area contributed by atoms with E-state index in [0.717, 1.165) is 10.9 Å². The third-order valence-electron chi connectivity index (χ3n) is 3.71. The molecular weight excluding hydrogens is 267 g/mol. The second-order valence-corrected chi connectivity index (χ2v) is 5.12. The predicted octanol–water partition coefficient (Wildman–Crippen LogP) is 3.24. The van der Waals surface area contributed by atoms with Gasteiger partial charge in [-0.25, -0.2) is 4.39 Å². The first-order valence-corrected chi connectivity index (χ1v) is 6.69. The van der Waals surface area contributed by atoms with E-state index in [1.165, 1.54) is 11.6 Å². The van der Waals surface area contributed by atoms with E-state index < -0.39 is 11.7 Å². The van der Waals surface area contributed by atoms with Gasteiger partial charge in [0.1, 0.15) is 5.82 Å². The third kappa shape index (κ3) is 2.40. The highest BCUT2D eigenvalue weighted by atomic mass is 19.1.